The van der Waals surface area contributed by atoms with Crippen molar-refractivity contribution in [2.45, 2.75) is 26.7 Å². The summed E-state index contributed by atoms with van der Waals surface area (Å²) < 4.78 is 1.00. The number of rotatable bonds is 5. The Balaban J connectivity index is 2.64. The second-order valence-corrected chi connectivity index (χ2v) is 5.09. The number of hydrogen-bond acceptors (Lipinski definition) is 2. The van der Waals surface area contributed by atoms with Crippen molar-refractivity contribution in [3.8, 4) is 0 Å². The molecule has 0 fully saturated rings. The number of carbonyl (C=O) groups excluding carboxylic acids is 1. The lowest BCUT2D eigenvalue weighted by Gasteiger charge is -2.14. The maximum absolute atomic E-state index is 11.9. The molecule has 1 aromatic carbocycles. The van der Waals surface area contributed by atoms with Crippen LogP contribution in [0.25, 0.3) is 0 Å². The van der Waals surface area contributed by atoms with Crippen molar-refractivity contribution in [2.75, 3.05) is 11.9 Å². The zero-order valence-electron chi connectivity index (χ0n) is 10.3. The van der Waals surface area contributed by atoms with Gasteiger partial charge in [-0.2, -0.15) is 0 Å². The average molecular weight is 299 g/mol. The van der Waals surface area contributed by atoms with E-state index in [1.54, 1.807) is 0 Å². The zero-order valence-corrected chi connectivity index (χ0v) is 11.9. The minimum Gasteiger partial charge on any atom is -0.330 e. The van der Waals surface area contributed by atoms with Gasteiger partial charge in [-0.25, -0.2) is 0 Å². The largest absolute Gasteiger partial charge is 0.330 e. The van der Waals surface area contributed by atoms with E-state index in [0.29, 0.717) is 6.54 Å². The molecule has 1 unspecified atom stereocenters. The molecule has 4 heteroatoms. The Morgan fingerprint density at radius 2 is 2.24 bits per heavy atom. The third kappa shape index (κ3) is 4.13. The van der Waals surface area contributed by atoms with Crippen LogP contribution < -0.4 is 11.1 Å². The molecule has 0 aliphatic rings. The third-order valence-electron chi connectivity index (χ3n) is 2.81. The SMILES string of the molecule is Cc1c(Br)cccc1NC(=O)C(C)CCCN. The van der Waals surface area contributed by atoms with E-state index in [0.717, 1.165) is 28.6 Å². The van der Waals surface area contributed by atoms with E-state index in [1.165, 1.54) is 0 Å². The summed E-state index contributed by atoms with van der Waals surface area (Å²) in [5.74, 6) is 0.0524. The predicted octanol–water partition coefficient (Wildman–Crippen LogP) is 3.07. The molecule has 0 bridgehead atoms. The van der Waals surface area contributed by atoms with Gasteiger partial charge in [-0.05, 0) is 44.0 Å². The number of amides is 1. The molecule has 3 N–H and O–H groups in total. The van der Waals surface area contributed by atoms with E-state index in [4.69, 9.17) is 5.73 Å². The van der Waals surface area contributed by atoms with Crippen LogP contribution in [0.1, 0.15) is 25.3 Å². The number of carbonyl (C=O) groups is 1. The van der Waals surface area contributed by atoms with Crippen LogP contribution in [0.15, 0.2) is 22.7 Å². The standard InChI is InChI=1S/C13H19BrN2O/c1-9(5-4-8-15)13(17)16-12-7-3-6-11(14)10(12)2/h3,6-7,9H,4-5,8,15H2,1-2H3,(H,16,17). The summed E-state index contributed by atoms with van der Waals surface area (Å²) in [7, 11) is 0. The minimum atomic E-state index is -0.00284. The predicted molar refractivity (Wildman–Crippen MR) is 75.0 cm³/mol. The first-order valence-electron chi connectivity index (χ1n) is 5.82. The fraction of sp³-hybridized carbons (Fsp3) is 0.462. The molecule has 0 heterocycles. The highest BCUT2D eigenvalue weighted by Crippen LogP contribution is 2.24. The molecule has 1 atom stereocenters. The molecular weight excluding hydrogens is 280 g/mol. The van der Waals surface area contributed by atoms with Gasteiger partial charge in [0.2, 0.25) is 5.91 Å². The number of hydrogen-bond donors (Lipinski definition) is 2. The molecule has 94 valence electrons. The van der Waals surface area contributed by atoms with Gasteiger partial charge in [-0.3, -0.25) is 4.79 Å². The van der Waals surface area contributed by atoms with E-state index >= 15 is 0 Å². The molecule has 3 nitrogen and oxygen atoms in total. The molecule has 0 spiro atoms. The van der Waals surface area contributed by atoms with Crippen molar-refractivity contribution in [1.82, 2.24) is 0 Å². The summed E-state index contributed by atoms with van der Waals surface area (Å²) in [5.41, 5.74) is 7.35. The Morgan fingerprint density at radius 3 is 2.88 bits per heavy atom. The fourth-order valence-corrected chi connectivity index (χ4v) is 1.92. The first-order valence-corrected chi connectivity index (χ1v) is 6.61. The van der Waals surface area contributed by atoms with Gasteiger partial charge in [0.25, 0.3) is 0 Å². The Bertz CT molecular complexity index is 393. The molecule has 1 aromatic rings. The van der Waals surface area contributed by atoms with Gasteiger partial charge in [0.15, 0.2) is 0 Å². The van der Waals surface area contributed by atoms with Gasteiger partial charge in [0.1, 0.15) is 0 Å². The molecule has 1 rings (SSSR count). The Morgan fingerprint density at radius 1 is 1.53 bits per heavy atom. The summed E-state index contributed by atoms with van der Waals surface area (Å²) in [6, 6.07) is 5.79. The minimum absolute atomic E-state index is 0.00284. The van der Waals surface area contributed by atoms with Gasteiger partial charge in [0.05, 0.1) is 0 Å². The zero-order chi connectivity index (χ0) is 12.8. The molecule has 0 radical (unpaired) electrons. The molecule has 17 heavy (non-hydrogen) atoms. The first kappa shape index (κ1) is 14.2. The van der Waals surface area contributed by atoms with Crippen molar-refractivity contribution in [3.05, 3.63) is 28.2 Å². The van der Waals surface area contributed by atoms with Crippen molar-refractivity contribution < 1.29 is 4.79 Å². The topological polar surface area (TPSA) is 55.1 Å². The van der Waals surface area contributed by atoms with Crippen LogP contribution in [0.4, 0.5) is 5.69 Å². The normalized spacial score (nSPS) is 12.2. The number of nitrogens with two attached hydrogens (primary N) is 1. The van der Waals surface area contributed by atoms with E-state index in [1.807, 2.05) is 32.0 Å². The van der Waals surface area contributed by atoms with Crippen molar-refractivity contribution in [1.29, 1.82) is 0 Å². The summed E-state index contributed by atoms with van der Waals surface area (Å²) in [4.78, 5) is 11.9. The highest BCUT2D eigenvalue weighted by Gasteiger charge is 2.13. The van der Waals surface area contributed by atoms with Gasteiger partial charge >= 0.3 is 0 Å². The van der Waals surface area contributed by atoms with Gasteiger partial charge in [-0.1, -0.05) is 28.9 Å². The summed E-state index contributed by atoms with van der Waals surface area (Å²) in [6.45, 7) is 4.54. The van der Waals surface area contributed by atoms with Crippen LogP contribution in [-0.2, 0) is 4.79 Å². The van der Waals surface area contributed by atoms with Crippen molar-refractivity contribution in [3.63, 3.8) is 0 Å². The average Bonchev–Trinajstić information content (AvgIpc) is 2.31. The van der Waals surface area contributed by atoms with Gasteiger partial charge < -0.3 is 11.1 Å². The number of halogens is 1. The highest BCUT2D eigenvalue weighted by atomic mass is 79.9. The van der Waals surface area contributed by atoms with E-state index < -0.39 is 0 Å². The second-order valence-electron chi connectivity index (χ2n) is 4.23. The van der Waals surface area contributed by atoms with Crippen LogP contribution >= 0.6 is 15.9 Å². The van der Waals surface area contributed by atoms with Gasteiger partial charge in [0, 0.05) is 16.1 Å². The molecule has 0 aliphatic heterocycles. The van der Waals surface area contributed by atoms with Crippen LogP contribution in [0.5, 0.6) is 0 Å². The smallest absolute Gasteiger partial charge is 0.227 e. The van der Waals surface area contributed by atoms with E-state index in [2.05, 4.69) is 21.2 Å². The lowest BCUT2D eigenvalue weighted by atomic mass is 10.0. The van der Waals surface area contributed by atoms with Crippen LogP contribution in [0.3, 0.4) is 0 Å². The highest BCUT2D eigenvalue weighted by molar-refractivity contribution is 9.10. The summed E-state index contributed by atoms with van der Waals surface area (Å²) in [6.07, 6.45) is 1.71. The lowest BCUT2D eigenvalue weighted by Crippen LogP contribution is -2.21. The second kappa shape index (κ2) is 6.77. The number of anilines is 1. The van der Waals surface area contributed by atoms with Crippen LogP contribution in [-0.4, -0.2) is 12.5 Å². The molecule has 0 saturated carbocycles. The van der Waals surface area contributed by atoms with Crippen molar-refractivity contribution in [2.24, 2.45) is 11.7 Å². The van der Waals surface area contributed by atoms with Crippen LogP contribution in [0.2, 0.25) is 0 Å². The lowest BCUT2D eigenvalue weighted by molar-refractivity contribution is -0.119. The van der Waals surface area contributed by atoms with E-state index in [-0.39, 0.29) is 11.8 Å². The van der Waals surface area contributed by atoms with Gasteiger partial charge in [-0.15, -0.1) is 0 Å². The number of nitrogens with one attached hydrogen (secondary N) is 1. The molecule has 0 saturated heterocycles. The fourth-order valence-electron chi connectivity index (χ4n) is 1.55. The molecule has 0 aliphatic carbocycles. The molecule has 0 aromatic heterocycles. The third-order valence-corrected chi connectivity index (χ3v) is 3.67. The quantitative estimate of drug-likeness (QED) is 0.878. The maximum atomic E-state index is 11.9. The van der Waals surface area contributed by atoms with Crippen LogP contribution in [0, 0.1) is 12.8 Å². The summed E-state index contributed by atoms with van der Waals surface area (Å²) in [5, 5.41) is 2.95. The maximum Gasteiger partial charge on any atom is 0.227 e. The molecule has 1 amide bonds. The Kier molecular flexibility index (Phi) is 5.65. The molecular formula is C13H19BrN2O. The van der Waals surface area contributed by atoms with Crippen molar-refractivity contribution >= 4 is 27.5 Å². The van der Waals surface area contributed by atoms with E-state index in [9.17, 15) is 4.79 Å². The monoisotopic (exact) mass is 298 g/mol. The Hall–Kier alpha value is -0.870. The number of benzene rings is 1. The first-order chi connectivity index (χ1) is 8.06. The summed E-state index contributed by atoms with van der Waals surface area (Å²) >= 11 is 3.45. The Labute approximate surface area is 111 Å².